The molecule has 2 rings (SSSR count). The van der Waals surface area contributed by atoms with Gasteiger partial charge in [-0.1, -0.05) is 33.6 Å². The van der Waals surface area contributed by atoms with Gasteiger partial charge in [-0.25, -0.2) is 0 Å². The summed E-state index contributed by atoms with van der Waals surface area (Å²) >= 11 is 3.33. The Morgan fingerprint density at radius 1 is 1.17 bits per heavy atom. The first-order chi connectivity index (χ1) is 11.0. The fourth-order valence-electron chi connectivity index (χ4n) is 2.01. The van der Waals surface area contributed by atoms with E-state index in [2.05, 4.69) is 26.6 Å². The number of halogens is 1. The molecule has 4 nitrogen and oxygen atoms in total. The molecule has 116 valence electrons. The number of hydrogen-bond donors (Lipinski definition) is 2. The summed E-state index contributed by atoms with van der Waals surface area (Å²) in [5.41, 5.74) is 3.70. The molecule has 0 aliphatic rings. The molecule has 1 amide bonds. The van der Waals surface area contributed by atoms with Gasteiger partial charge in [0.05, 0.1) is 0 Å². The van der Waals surface area contributed by atoms with Crippen molar-refractivity contribution in [1.82, 2.24) is 0 Å². The number of rotatable bonds is 4. The first-order valence-electron chi connectivity index (χ1n) is 7.00. The van der Waals surface area contributed by atoms with Gasteiger partial charge in [0.2, 0.25) is 0 Å². The first kappa shape index (κ1) is 16.8. The highest BCUT2D eigenvalue weighted by Gasteiger charge is 2.09. The van der Waals surface area contributed by atoms with Gasteiger partial charge in [0.25, 0.3) is 5.91 Å². The van der Waals surface area contributed by atoms with E-state index in [1.807, 2.05) is 50.2 Å². The summed E-state index contributed by atoms with van der Waals surface area (Å²) in [6, 6.07) is 15.0. The molecule has 0 spiro atoms. The number of nitriles is 1. The molecule has 2 aromatic carbocycles. The predicted molar refractivity (Wildman–Crippen MR) is 96.0 cm³/mol. The molecule has 0 heterocycles. The second kappa shape index (κ2) is 7.61. The van der Waals surface area contributed by atoms with Crippen LogP contribution in [0.4, 0.5) is 11.4 Å². The van der Waals surface area contributed by atoms with Crippen molar-refractivity contribution >= 4 is 33.2 Å². The van der Waals surface area contributed by atoms with Crippen molar-refractivity contribution in [3.63, 3.8) is 0 Å². The van der Waals surface area contributed by atoms with Gasteiger partial charge in [-0.2, -0.15) is 5.26 Å². The second-order valence-corrected chi connectivity index (χ2v) is 6.01. The molecular formula is C18H16BrN3O. The number of anilines is 2. The fraction of sp³-hybridized carbons (Fsp3) is 0.111. The highest BCUT2D eigenvalue weighted by atomic mass is 79.9. The quantitative estimate of drug-likeness (QED) is 0.614. The van der Waals surface area contributed by atoms with Crippen LogP contribution in [0.25, 0.3) is 0 Å². The average Bonchev–Trinajstić information content (AvgIpc) is 2.52. The van der Waals surface area contributed by atoms with Crippen LogP contribution in [0, 0.1) is 25.2 Å². The van der Waals surface area contributed by atoms with Crippen molar-refractivity contribution in [3.05, 3.63) is 69.8 Å². The minimum atomic E-state index is -0.452. The van der Waals surface area contributed by atoms with E-state index in [-0.39, 0.29) is 5.57 Å². The molecule has 0 saturated carbocycles. The maximum Gasteiger partial charge on any atom is 0.267 e. The normalized spacial score (nSPS) is 10.8. The number of amides is 1. The molecule has 0 radical (unpaired) electrons. The van der Waals surface area contributed by atoms with Gasteiger partial charge < -0.3 is 10.6 Å². The molecular weight excluding hydrogens is 354 g/mol. The molecule has 5 heteroatoms. The SMILES string of the molecule is Cc1ccc(N/C=C(/C#N)C(=O)Nc2ccc(Br)cc2)c(C)c1. The largest absolute Gasteiger partial charge is 0.360 e. The van der Waals surface area contributed by atoms with Gasteiger partial charge in [0.1, 0.15) is 11.6 Å². The Hall–Kier alpha value is -2.58. The Morgan fingerprint density at radius 2 is 1.87 bits per heavy atom. The van der Waals surface area contributed by atoms with E-state index in [1.54, 1.807) is 12.1 Å². The lowest BCUT2D eigenvalue weighted by Gasteiger charge is -2.08. The lowest BCUT2D eigenvalue weighted by Crippen LogP contribution is -2.14. The maximum atomic E-state index is 12.1. The van der Waals surface area contributed by atoms with Gasteiger partial charge in [0, 0.05) is 22.0 Å². The van der Waals surface area contributed by atoms with Gasteiger partial charge in [-0.15, -0.1) is 0 Å². The third-order valence-electron chi connectivity index (χ3n) is 3.22. The van der Waals surface area contributed by atoms with E-state index in [9.17, 15) is 10.1 Å². The van der Waals surface area contributed by atoms with Crippen molar-refractivity contribution in [2.24, 2.45) is 0 Å². The zero-order valence-electron chi connectivity index (χ0n) is 12.9. The van der Waals surface area contributed by atoms with Crippen LogP contribution >= 0.6 is 15.9 Å². The molecule has 0 aromatic heterocycles. The molecule has 0 bridgehead atoms. The third kappa shape index (κ3) is 4.70. The van der Waals surface area contributed by atoms with E-state index in [0.29, 0.717) is 5.69 Å². The number of carbonyl (C=O) groups is 1. The first-order valence-corrected chi connectivity index (χ1v) is 7.80. The summed E-state index contributed by atoms with van der Waals surface area (Å²) in [6.07, 6.45) is 1.42. The topological polar surface area (TPSA) is 64.9 Å². The van der Waals surface area contributed by atoms with Crippen LogP contribution in [0.15, 0.2) is 58.7 Å². The van der Waals surface area contributed by atoms with Gasteiger partial charge in [-0.3, -0.25) is 4.79 Å². The van der Waals surface area contributed by atoms with E-state index in [0.717, 1.165) is 21.3 Å². The zero-order chi connectivity index (χ0) is 16.8. The lowest BCUT2D eigenvalue weighted by molar-refractivity contribution is -0.112. The van der Waals surface area contributed by atoms with Crippen molar-refractivity contribution in [2.45, 2.75) is 13.8 Å². The maximum absolute atomic E-state index is 12.1. The summed E-state index contributed by atoms with van der Waals surface area (Å²) in [5, 5.41) is 14.9. The Bertz CT molecular complexity index is 789. The van der Waals surface area contributed by atoms with Crippen LogP contribution in [0.5, 0.6) is 0 Å². The Balaban J connectivity index is 2.10. The summed E-state index contributed by atoms with van der Waals surface area (Å²) < 4.78 is 0.920. The van der Waals surface area contributed by atoms with E-state index in [4.69, 9.17) is 0 Å². The second-order valence-electron chi connectivity index (χ2n) is 5.09. The number of carbonyl (C=O) groups excluding carboxylic acids is 1. The molecule has 0 fully saturated rings. The van der Waals surface area contributed by atoms with Crippen LogP contribution in [0.2, 0.25) is 0 Å². The fourth-order valence-corrected chi connectivity index (χ4v) is 2.27. The van der Waals surface area contributed by atoms with Crippen LogP contribution < -0.4 is 10.6 Å². The number of nitrogens with zero attached hydrogens (tertiary/aromatic N) is 1. The lowest BCUT2D eigenvalue weighted by atomic mass is 10.1. The summed E-state index contributed by atoms with van der Waals surface area (Å²) in [5.74, 6) is -0.452. The highest BCUT2D eigenvalue weighted by molar-refractivity contribution is 9.10. The smallest absolute Gasteiger partial charge is 0.267 e. The molecule has 2 N–H and O–H groups in total. The van der Waals surface area contributed by atoms with E-state index >= 15 is 0 Å². The van der Waals surface area contributed by atoms with Crippen LogP contribution in [-0.2, 0) is 4.79 Å². The Morgan fingerprint density at radius 3 is 2.48 bits per heavy atom. The molecule has 0 saturated heterocycles. The van der Waals surface area contributed by atoms with E-state index in [1.165, 1.54) is 6.20 Å². The number of aryl methyl sites for hydroxylation is 2. The molecule has 23 heavy (non-hydrogen) atoms. The molecule has 0 unspecified atom stereocenters. The minimum Gasteiger partial charge on any atom is -0.360 e. The molecule has 2 aromatic rings. The number of benzene rings is 2. The van der Waals surface area contributed by atoms with Crippen molar-refractivity contribution in [1.29, 1.82) is 5.26 Å². The zero-order valence-corrected chi connectivity index (χ0v) is 14.4. The summed E-state index contributed by atoms with van der Waals surface area (Å²) in [4.78, 5) is 12.1. The van der Waals surface area contributed by atoms with Gasteiger partial charge in [-0.05, 0) is 49.7 Å². The van der Waals surface area contributed by atoms with Crippen LogP contribution in [-0.4, -0.2) is 5.91 Å². The van der Waals surface area contributed by atoms with Gasteiger partial charge >= 0.3 is 0 Å². The van der Waals surface area contributed by atoms with Crippen molar-refractivity contribution in [3.8, 4) is 6.07 Å². The molecule has 0 atom stereocenters. The minimum absolute atomic E-state index is 0.00731. The highest BCUT2D eigenvalue weighted by Crippen LogP contribution is 2.17. The summed E-state index contributed by atoms with van der Waals surface area (Å²) in [7, 11) is 0. The third-order valence-corrected chi connectivity index (χ3v) is 3.75. The number of nitrogens with one attached hydrogen (secondary N) is 2. The standard InChI is InChI=1S/C18H16BrN3O/c1-12-3-8-17(13(2)9-12)21-11-14(10-20)18(23)22-16-6-4-15(19)5-7-16/h3-9,11,21H,1-2H3,(H,22,23)/b14-11-. The van der Waals surface area contributed by atoms with Crippen molar-refractivity contribution < 1.29 is 4.79 Å². The summed E-state index contributed by atoms with van der Waals surface area (Å²) in [6.45, 7) is 3.98. The van der Waals surface area contributed by atoms with Gasteiger partial charge in [0.15, 0.2) is 0 Å². The molecule has 0 aliphatic heterocycles. The number of hydrogen-bond acceptors (Lipinski definition) is 3. The monoisotopic (exact) mass is 369 g/mol. The predicted octanol–water partition coefficient (Wildman–Crippen LogP) is 4.52. The van der Waals surface area contributed by atoms with E-state index < -0.39 is 5.91 Å². The average molecular weight is 370 g/mol. The molecule has 0 aliphatic carbocycles. The van der Waals surface area contributed by atoms with Crippen LogP contribution in [0.3, 0.4) is 0 Å². The Kier molecular flexibility index (Phi) is 5.56. The van der Waals surface area contributed by atoms with Crippen molar-refractivity contribution in [2.75, 3.05) is 10.6 Å². The van der Waals surface area contributed by atoms with Crippen LogP contribution in [0.1, 0.15) is 11.1 Å². The Labute approximate surface area is 144 Å².